The van der Waals surface area contributed by atoms with Crippen molar-refractivity contribution in [2.45, 2.75) is 104 Å². The Labute approximate surface area is 260 Å². The Kier molecular flexibility index (Phi) is 11.5. The fourth-order valence-corrected chi connectivity index (χ4v) is 5.07. The predicted octanol–water partition coefficient (Wildman–Crippen LogP) is 6.59. The van der Waals surface area contributed by atoms with E-state index in [4.69, 9.17) is 23.7 Å². The second-order valence-corrected chi connectivity index (χ2v) is 15.0. The van der Waals surface area contributed by atoms with Gasteiger partial charge in [0.15, 0.2) is 12.2 Å². The number of esters is 3. The SMILES string of the molecule is CC(C)(C)C(=O)OC[C@H]1O[C@@H](Sc2ccccc2)[C@H](OC(=O)C(C)(C)C)[C@@H](OCc2ccccc2)[C@H]1OC(=O)C(C)(C)C. The third-order valence-corrected chi connectivity index (χ3v) is 7.73. The summed E-state index contributed by atoms with van der Waals surface area (Å²) in [6.45, 7) is 15.8. The molecule has 0 spiro atoms. The highest BCUT2D eigenvalue weighted by Gasteiger charge is 2.53. The molecule has 1 fully saturated rings. The van der Waals surface area contributed by atoms with Crippen LogP contribution in [0.1, 0.15) is 67.9 Å². The summed E-state index contributed by atoms with van der Waals surface area (Å²) in [5, 5.41) is 0. The number of rotatable bonds is 9. The van der Waals surface area contributed by atoms with Crippen LogP contribution in [0.15, 0.2) is 65.6 Å². The van der Waals surface area contributed by atoms with E-state index in [0.29, 0.717) is 0 Å². The molecule has 9 heteroatoms. The van der Waals surface area contributed by atoms with Gasteiger partial charge < -0.3 is 23.7 Å². The first-order valence-electron chi connectivity index (χ1n) is 14.6. The van der Waals surface area contributed by atoms with Gasteiger partial charge in [-0.1, -0.05) is 60.3 Å². The van der Waals surface area contributed by atoms with Crippen LogP contribution in [0.4, 0.5) is 0 Å². The van der Waals surface area contributed by atoms with Crippen LogP contribution < -0.4 is 0 Å². The summed E-state index contributed by atoms with van der Waals surface area (Å²) in [5.74, 6) is -1.37. The van der Waals surface area contributed by atoms with E-state index in [1.807, 2.05) is 60.7 Å². The highest BCUT2D eigenvalue weighted by Crippen LogP contribution is 2.39. The van der Waals surface area contributed by atoms with Crippen molar-refractivity contribution in [2.75, 3.05) is 6.61 Å². The van der Waals surface area contributed by atoms with Crippen LogP contribution in [0, 0.1) is 16.2 Å². The minimum absolute atomic E-state index is 0.163. The first-order valence-corrected chi connectivity index (χ1v) is 15.5. The average Bonchev–Trinajstić information content (AvgIpc) is 2.92. The van der Waals surface area contributed by atoms with E-state index < -0.39 is 64.0 Å². The first kappa shape index (κ1) is 34.6. The van der Waals surface area contributed by atoms with Crippen molar-refractivity contribution in [2.24, 2.45) is 16.2 Å². The van der Waals surface area contributed by atoms with E-state index in [-0.39, 0.29) is 13.2 Å². The molecule has 8 nitrogen and oxygen atoms in total. The molecule has 0 aromatic heterocycles. The lowest BCUT2D eigenvalue weighted by Gasteiger charge is -2.46. The van der Waals surface area contributed by atoms with Crippen LogP contribution in [0.5, 0.6) is 0 Å². The van der Waals surface area contributed by atoms with Crippen molar-refractivity contribution in [3.05, 3.63) is 66.2 Å². The topological polar surface area (TPSA) is 97.4 Å². The Morgan fingerprint density at radius 3 is 1.67 bits per heavy atom. The maximum absolute atomic E-state index is 13.3. The predicted molar refractivity (Wildman–Crippen MR) is 165 cm³/mol. The molecular weight excluding hydrogens is 568 g/mol. The van der Waals surface area contributed by atoms with Crippen LogP contribution in [0.2, 0.25) is 0 Å². The van der Waals surface area contributed by atoms with Crippen LogP contribution in [-0.4, -0.2) is 54.4 Å². The molecule has 0 unspecified atom stereocenters. The summed E-state index contributed by atoms with van der Waals surface area (Å²) < 4.78 is 31.0. The molecule has 1 saturated heterocycles. The molecule has 5 atom stereocenters. The third kappa shape index (κ3) is 10.1. The van der Waals surface area contributed by atoms with Gasteiger partial charge in [-0.05, 0) is 80.0 Å². The molecule has 1 aliphatic rings. The summed E-state index contributed by atoms with van der Waals surface area (Å²) in [4.78, 5) is 40.3. The van der Waals surface area contributed by atoms with Crippen molar-refractivity contribution < 1.29 is 38.1 Å². The molecule has 1 heterocycles. The van der Waals surface area contributed by atoms with E-state index in [1.165, 1.54) is 11.8 Å². The zero-order chi connectivity index (χ0) is 32.0. The Balaban J connectivity index is 2.09. The summed E-state index contributed by atoms with van der Waals surface area (Å²) in [6, 6.07) is 19.1. The highest BCUT2D eigenvalue weighted by molar-refractivity contribution is 7.99. The monoisotopic (exact) mass is 614 g/mol. The highest BCUT2D eigenvalue weighted by atomic mass is 32.2. The average molecular weight is 615 g/mol. The fourth-order valence-electron chi connectivity index (χ4n) is 3.94. The molecule has 0 saturated carbocycles. The van der Waals surface area contributed by atoms with Gasteiger partial charge in [0.25, 0.3) is 0 Å². The molecular formula is C34H46O8S. The molecule has 1 aliphatic heterocycles. The molecule has 2 aromatic rings. The van der Waals surface area contributed by atoms with Crippen molar-refractivity contribution in [3.8, 4) is 0 Å². The molecule has 2 aromatic carbocycles. The van der Waals surface area contributed by atoms with Crippen LogP contribution in [-0.2, 0) is 44.7 Å². The first-order chi connectivity index (χ1) is 20.0. The summed E-state index contributed by atoms with van der Waals surface area (Å²) in [6.07, 6.45) is -3.85. The number of ether oxygens (including phenoxy) is 5. The van der Waals surface area contributed by atoms with Gasteiger partial charge in [0.2, 0.25) is 0 Å². The van der Waals surface area contributed by atoms with Crippen molar-refractivity contribution in [1.29, 1.82) is 0 Å². The minimum Gasteiger partial charge on any atom is -0.462 e. The smallest absolute Gasteiger partial charge is 0.311 e. The maximum atomic E-state index is 13.3. The molecule has 0 N–H and O–H groups in total. The molecule has 236 valence electrons. The summed E-state index contributed by atoms with van der Waals surface area (Å²) >= 11 is 1.36. The second-order valence-electron chi connectivity index (χ2n) is 13.8. The normalized spacial score (nSPS) is 22.9. The molecule has 0 amide bonds. The van der Waals surface area contributed by atoms with Crippen molar-refractivity contribution in [1.82, 2.24) is 0 Å². The van der Waals surface area contributed by atoms with E-state index >= 15 is 0 Å². The Hall–Kier alpha value is -2.88. The summed E-state index contributed by atoms with van der Waals surface area (Å²) in [5.41, 5.74) is -2.29. The zero-order valence-electron chi connectivity index (χ0n) is 26.7. The maximum Gasteiger partial charge on any atom is 0.311 e. The lowest BCUT2D eigenvalue weighted by atomic mass is 9.94. The second kappa shape index (κ2) is 14.3. The van der Waals surface area contributed by atoms with Gasteiger partial charge in [0.1, 0.15) is 24.3 Å². The van der Waals surface area contributed by atoms with Crippen molar-refractivity contribution >= 4 is 29.7 Å². The lowest BCUT2D eigenvalue weighted by Crippen LogP contribution is -2.62. The van der Waals surface area contributed by atoms with Gasteiger partial charge in [-0.15, -0.1) is 0 Å². The number of hydrogen-bond acceptors (Lipinski definition) is 9. The number of hydrogen-bond donors (Lipinski definition) is 0. The van der Waals surface area contributed by atoms with Gasteiger partial charge in [0, 0.05) is 4.90 Å². The van der Waals surface area contributed by atoms with Gasteiger partial charge in [0.05, 0.1) is 22.9 Å². The van der Waals surface area contributed by atoms with Crippen LogP contribution in [0.3, 0.4) is 0 Å². The molecule has 0 radical (unpaired) electrons. The zero-order valence-corrected chi connectivity index (χ0v) is 27.6. The van der Waals surface area contributed by atoms with E-state index in [0.717, 1.165) is 10.5 Å². The van der Waals surface area contributed by atoms with Gasteiger partial charge in [-0.25, -0.2) is 0 Å². The minimum atomic E-state index is -1.05. The Bertz CT molecular complexity index is 1210. The molecule has 43 heavy (non-hydrogen) atoms. The number of carbonyl (C=O) groups is 3. The van der Waals surface area contributed by atoms with Gasteiger partial charge >= 0.3 is 17.9 Å². The van der Waals surface area contributed by atoms with Gasteiger partial charge in [-0.2, -0.15) is 0 Å². The Morgan fingerprint density at radius 2 is 1.16 bits per heavy atom. The molecule has 3 rings (SSSR count). The Morgan fingerprint density at radius 1 is 0.674 bits per heavy atom. The number of benzene rings is 2. The fraction of sp³-hybridized carbons (Fsp3) is 0.559. The van der Waals surface area contributed by atoms with E-state index in [2.05, 4.69) is 0 Å². The number of thioether (sulfide) groups is 1. The standard InChI is InChI=1S/C34H46O8S/c1-32(2,3)29(35)39-21-24-25(41-30(36)33(4,5)6)26(38-20-22-16-12-10-13-17-22)27(42-31(37)34(7,8)9)28(40-24)43-23-18-14-11-15-19-23/h10-19,24-28H,20-21H2,1-9H3/t24-,25+,26+,27-,28+/m1/s1. The van der Waals surface area contributed by atoms with Crippen LogP contribution in [0.25, 0.3) is 0 Å². The number of carbonyl (C=O) groups excluding carboxylic acids is 3. The van der Waals surface area contributed by atoms with E-state index in [1.54, 1.807) is 62.3 Å². The molecule has 0 bridgehead atoms. The van der Waals surface area contributed by atoms with Crippen molar-refractivity contribution in [3.63, 3.8) is 0 Å². The lowest BCUT2D eigenvalue weighted by molar-refractivity contribution is -0.248. The van der Waals surface area contributed by atoms with Crippen LogP contribution >= 0.6 is 11.8 Å². The summed E-state index contributed by atoms with van der Waals surface area (Å²) in [7, 11) is 0. The third-order valence-electron chi connectivity index (χ3n) is 6.57. The van der Waals surface area contributed by atoms with Gasteiger partial charge in [-0.3, -0.25) is 14.4 Å². The van der Waals surface area contributed by atoms with E-state index in [9.17, 15) is 14.4 Å². The largest absolute Gasteiger partial charge is 0.462 e. The molecule has 0 aliphatic carbocycles. The quantitative estimate of drug-likeness (QED) is 0.229.